The second kappa shape index (κ2) is 8.64. The molecule has 8 heteroatoms. The molecule has 7 nitrogen and oxygen atoms in total. The average Bonchev–Trinajstić information content (AvgIpc) is 2.68. The van der Waals surface area contributed by atoms with Gasteiger partial charge in [-0.25, -0.2) is 0 Å². The number of hydrogen-bond acceptors (Lipinski definition) is 6. The summed E-state index contributed by atoms with van der Waals surface area (Å²) in [6.07, 6.45) is 0. The number of phenolic OH excluding ortho intramolecular Hbond substituents is 1. The third kappa shape index (κ3) is 4.62. The second-order valence-corrected chi connectivity index (χ2v) is 7.96. The van der Waals surface area contributed by atoms with E-state index in [0.29, 0.717) is 19.6 Å². The van der Waals surface area contributed by atoms with Crippen LogP contribution in [0.3, 0.4) is 0 Å². The highest BCUT2D eigenvalue weighted by molar-refractivity contribution is 8.00. The first-order valence-electron chi connectivity index (χ1n) is 8.91. The van der Waals surface area contributed by atoms with Gasteiger partial charge in [-0.05, 0) is 24.3 Å². The summed E-state index contributed by atoms with van der Waals surface area (Å²) in [5.41, 5.74) is 1.10. The Balaban J connectivity index is 1.47. The molecular formula is C18H26N3O4S+. The molecule has 2 heterocycles. The molecule has 0 aromatic heterocycles. The molecule has 0 unspecified atom stereocenters. The van der Waals surface area contributed by atoms with Crippen molar-refractivity contribution in [1.29, 1.82) is 0 Å². The van der Waals surface area contributed by atoms with Crippen molar-refractivity contribution in [3.8, 4) is 5.75 Å². The summed E-state index contributed by atoms with van der Waals surface area (Å²) < 4.78 is 4.80. The van der Waals surface area contributed by atoms with Crippen LogP contribution in [0.4, 0.5) is 5.69 Å². The number of hydrogen-bond donors (Lipinski definition) is 2. The van der Waals surface area contributed by atoms with Gasteiger partial charge in [0.25, 0.3) is 5.91 Å². The summed E-state index contributed by atoms with van der Waals surface area (Å²) in [6.45, 7) is 5.18. The van der Waals surface area contributed by atoms with Crippen molar-refractivity contribution in [3.05, 3.63) is 24.3 Å². The van der Waals surface area contributed by atoms with E-state index < -0.39 is 0 Å². The summed E-state index contributed by atoms with van der Waals surface area (Å²) in [4.78, 5) is 29.7. The lowest BCUT2D eigenvalue weighted by atomic mass is 10.2. The van der Waals surface area contributed by atoms with Crippen LogP contribution in [0.5, 0.6) is 5.75 Å². The van der Waals surface area contributed by atoms with Crippen molar-refractivity contribution in [3.63, 3.8) is 0 Å². The predicted octanol–water partition coefficient (Wildman–Crippen LogP) is -0.786. The first-order chi connectivity index (χ1) is 12.6. The van der Waals surface area contributed by atoms with Crippen molar-refractivity contribution in [2.24, 2.45) is 0 Å². The van der Waals surface area contributed by atoms with Crippen LogP contribution in [-0.4, -0.2) is 85.8 Å². The van der Waals surface area contributed by atoms with Crippen molar-refractivity contribution >= 4 is 29.3 Å². The quantitative estimate of drug-likeness (QED) is 0.668. The lowest BCUT2D eigenvalue weighted by molar-refractivity contribution is -0.892. The summed E-state index contributed by atoms with van der Waals surface area (Å²) in [7, 11) is 1.39. The lowest BCUT2D eigenvalue weighted by Gasteiger charge is -2.35. The minimum Gasteiger partial charge on any atom is -0.508 e. The van der Waals surface area contributed by atoms with Gasteiger partial charge in [0.2, 0.25) is 0 Å². The zero-order valence-electron chi connectivity index (χ0n) is 15.0. The molecule has 3 rings (SSSR count). The maximum absolute atomic E-state index is 12.6. The highest BCUT2D eigenvalue weighted by Crippen LogP contribution is 2.20. The molecule has 142 valence electrons. The molecule has 2 aliphatic heterocycles. The van der Waals surface area contributed by atoms with E-state index in [1.54, 1.807) is 28.8 Å². The first-order valence-corrected chi connectivity index (χ1v) is 9.96. The third-order valence-electron chi connectivity index (χ3n) is 4.97. The molecule has 0 bridgehead atoms. The van der Waals surface area contributed by atoms with Gasteiger partial charge in [-0.15, -0.1) is 11.8 Å². The topological polar surface area (TPSA) is 74.5 Å². The number of rotatable bonds is 4. The number of quaternary nitrogens is 1. The number of esters is 1. The van der Waals surface area contributed by atoms with Gasteiger partial charge in [-0.1, -0.05) is 0 Å². The minimum absolute atomic E-state index is 0.118. The van der Waals surface area contributed by atoms with E-state index in [2.05, 4.69) is 4.90 Å². The normalized spacial score (nSPS) is 21.5. The fraction of sp³-hybridized carbons (Fsp3) is 0.556. The SMILES string of the molecule is COC(=O)[C@H]1CN(C(=O)C[NH+]2CCN(c3ccc(O)cc3)CC2)CCS1. The van der Waals surface area contributed by atoms with E-state index in [0.717, 1.165) is 37.6 Å². The van der Waals surface area contributed by atoms with Crippen molar-refractivity contribution in [1.82, 2.24) is 4.90 Å². The lowest BCUT2D eigenvalue weighted by Crippen LogP contribution is -3.16. The van der Waals surface area contributed by atoms with E-state index >= 15 is 0 Å². The second-order valence-electron chi connectivity index (χ2n) is 6.65. The fourth-order valence-corrected chi connectivity index (χ4v) is 4.52. The molecule has 1 amide bonds. The van der Waals surface area contributed by atoms with Gasteiger partial charge in [0.1, 0.15) is 11.0 Å². The maximum atomic E-state index is 12.6. The fourth-order valence-electron chi connectivity index (χ4n) is 3.40. The van der Waals surface area contributed by atoms with Gasteiger partial charge in [0, 0.05) is 24.5 Å². The minimum atomic E-state index is -0.265. The van der Waals surface area contributed by atoms with Crippen LogP contribution in [0.2, 0.25) is 0 Å². The summed E-state index contributed by atoms with van der Waals surface area (Å²) in [5, 5.41) is 9.13. The van der Waals surface area contributed by atoms with E-state index in [4.69, 9.17) is 4.74 Å². The Bertz CT molecular complexity index is 632. The Morgan fingerprint density at radius 2 is 1.92 bits per heavy atom. The average molecular weight is 380 g/mol. The van der Waals surface area contributed by atoms with Crippen molar-refractivity contribution in [2.45, 2.75) is 5.25 Å². The Labute approximate surface area is 157 Å². The predicted molar refractivity (Wildman–Crippen MR) is 101 cm³/mol. The number of amides is 1. The number of piperazine rings is 1. The molecule has 1 atom stereocenters. The number of aromatic hydroxyl groups is 1. The van der Waals surface area contributed by atoms with E-state index in [1.807, 2.05) is 12.1 Å². The molecule has 2 aliphatic rings. The zero-order chi connectivity index (χ0) is 18.5. The number of nitrogens with one attached hydrogen (secondary N) is 1. The molecule has 0 saturated carbocycles. The van der Waals surface area contributed by atoms with Crippen molar-refractivity contribution < 1.29 is 24.3 Å². The molecule has 0 radical (unpaired) electrons. The van der Waals surface area contributed by atoms with Gasteiger partial charge in [-0.2, -0.15) is 0 Å². The highest BCUT2D eigenvalue weighted by atomic mass is 32.2. The van der Waals surface area contributed by atoms with E-state index in [9.17, 15) is 14.7 Å². The van der Waals surface area contributed by atoms with E-state index in [-0.39, 0.29) is 22.9 Å². The Morgan fingerprint density at radius 3 is 2.58 bits per heavy atom. The number of ether oxygens (including phenoxy) is 1. The molecule has 1 aromatic rings. The number of thioether (sulfide) groups is 1. The highest BCUT2D eigenvalue weighted by Gasteiger charge is 2.31. The monoisotopic (exact) mass is 380 g/mol. The van der Waals surface area contributed by atoms with Crippen LogP contribution in [0.1, 0.15) is 0 Å². The molecule has 0 aliphatic carbocycles. The standard InChI is InChI=1S/C18H25N3O4S/c1-25-18(24)16-12-21(10-11-26-16)17(23)13-19-6-8-20(9-7-19)14-2-4-15(22)5-3-14/h2-5,16,22H,6-13H2,1H3/p+1/t16-/m1/s1. The summed E-state index contributed by atoms with van der Waals surface area (Å²) >= 11 is 1.56. The van der Waals surface area contributed by atoms with Crippen LogP contribution in [0, 0.1) is 0 Å². The zero-order valence-corrected chi connectivity index (χ0v) is 15.8. The number of carbonyl (C=O) groups excluding carboxylic acids is 2. The Hall–Kier alpha value is -1.93. The van der Waals surface area contributed by atoms with E-state index in [1.165, 1.54) is 12.0 Å². The molecular weight excluding hydrogens is 354 g/mol. The van der Waals surface area contributed by atoms with Crippen molar-refractivity contribution in [2.75, 3.05) is 63.6 Å². The van der Waals surface area contributed by atoms with Gasteiger partial charge < -0.3 is 24.5 Å². The van der Waals surface area contributed by atoms with Gasteiger partial charge >= 0.3 is 5.97 Å². The van der Waals surface area contributed by atoms with Crippen LogP contribution < -0.4 is 9.80 Å². The number of nitrogens with zero attached hydrogens (tertiary/aromatic N) is 2. The number of carbonyl (C=O) groups is 2. The van der Waals surface area contributed by atoms with Gasteiger partial charge in [-0.3, -0.25) is 9.59 Å². The third-order valence-corrected chi connectivity index (χ3v) is 6.13. The largest absolute Gasteiger partial charge is 0.508 e. The molecule has 2 N–H and O–H groups in total. The molecule has 26 heavy (non-hydrogen) atoms. The van der Waals surface area contributed by atoms with Crippen LogP contribution in [0.15, 0.2) is 24.3 Å². The number of benzene rings is 1. The van der Waals surface area contributed by atoms with Crippen LogP contribution in [-0.2, 0) is 14.3 Å². The van der Waals surface area contributed by atoms with Gasteiger partial charge in [0.05, 0.1) is 33.3 Å². The number of anilines is 1. The van der Waals surface area contributed by atoms with Gasteiger partial charge in [0.15, 0.2) is 6.54 Å². The maximum Gasteiger partial charge on any atom is 0.320 e. The Morgan fingerprint density at radius 1 is 1.23 bits per heavy atom. The smallest absolute Gasteiger partial charge is 0.320 e. The number of phenols is 1. The first kappa shape index (κ1) is 18.8. The van der Waals surface area contributed by atoms with Crippen LogP contribution >= 0.6 is 11.8 Å². The molecule has 2 saturated heterocycles. The molecule has 0 spiro atoms. The number of methoxy groups -OCH3 is 1. The summed E-state index contributed by atoms with van der Waals surface area (Å²) in [6, 6.07) is 7.24. The molecule has 1 aromatic carbocycles. The Kier molecular flexibility index (Phi) is 6.26. The summed E-state index contributed by atoms with van der Waals surface area (Å²) in [5.74, 6) is 0.915. The van der Waals surface area contributed by atoms with Crippen LogP contribution in [0.25, 0.3) is 0 Å². The molecule has 2 fully saturated rings.